The third-order valence-corrected chi connectivity index (χ3v) is 11.9. The molecule has 5 aliphatic rings. The summed E-state index contributed by atoms with van der Waals surface area (Å²) in [5.74, 6) is 0.693. The molecule has 4 aliphatic carbocycles. The van der Waals surface area contributed by atoms with Crippen LogP contribution in [0.25, 0.3) is 0 Å². The highest BCUT2D eigenvalue weighted by Crippen LogP contribution is 2.72. The molecule has 206 valence electrons. The lowest BCUT2D eigenvalue weighted by Gasteiger charge is -2.65. The molecule has 1 saturated heterocycles. The molecule has 0 aromatic heterocycles. The van der Waals surface area contributed by atoms with Gasteiger partial charge in [0.2, 0.25) is 0 Å². The monoisotopic (exact) mass is 514 g/mol. The molecule has 0 bridgehead atoms. The van der Waals surface area contributed by atoms with Gasteiger partial charge in [0.25, 0.3) is 0 Å². The number of hydrogen-bond donors (Lipinski definition) is 2. The van der Waals surface area contributed by atoms with Crippen LogP contribution in [0.5, 0.6) is 0 Å². The molecule has 3 fully saturated rings. The quantitative estimate of drug-likeness (QED) is 0.414. The van der Waals surface area contributed by atoms with Crippen molar-refractivity contribution in [1.29, 1.82) is 0 Å². The van der Waals surface area contributed by atoms with Gasteiger partial charge in [-0.25, -0.2) is 0 Å². The molecule has 1 heterocycles. The standard InChI is InChI=1S/C31H46O6/c1-17(2)19-12-18(13-21(19)32)20-8-9-22-28(20,3)11-10-23-29(4)15-26(34)37-16-30(5,27(35)36-7)24(29)14-25(33)31(22,23)6/h9,12,17-18,20,23-26,33-34H,8,10-11,13-16H2,1-7H3. The minimum Gasteiger partial charge on any atom is -0.469 e. The zero-order valence-electron chi connectivity index (χ0n) is 23.7. The second-order valence-corrected chi connectivity index (χ2v) is 14.0. The summed E-state index contributed by atoms with van der Waals surface area (Å²) in [6.45, 7) is 12.9. The first kappa shape index (κ1) is 27.1. The van der Waals surface area contributed by atoms with Gasteiger partial charge in [0.05, 0.1) is 25.2 Å². The van der Waals surface area contributed by atoms with Crippen molar-refractivity contribution in [3.05, 3.63) is 23.3 Å². The topological polar surface area (TPSA) is 93.1 Å². The number of hydrogen-bond acceptors (Lipinski definition) is 6. The fourth-order valence-electron chi connectivity index (χ4n) is 10.1. The number of carbonyl (C=O) groups excluding carboxylic acids is 2. The van der Waals surface area contributed by atoms with Gasteiger partial charge < -0.3 is 19.7 Å². The first-order chi connectivity index (χ1) is 17.2. The Morgan fingerprint density at radius 3 is 2.49 bits per heavy atom. The molecule has 37 heavy (non-hydrogen) atoms. The van der Waals surface area contributed by atoms with Crippen molar-refractivity contribution in [2.75, 3.05) is 13.7 Å². The molecule has 5 rings (SSSR count). The van der Waals surface area contributed by atoms with E-state index in [0.29, 0.717) is 31.0 Å². The minimum absolute atomic E-state index is 0.0825. The summed E-state index contributed by atoms with van der Waals surface area (Å²) in [7, 11) is 1.40. The number of methoxy groups -OCH3 is 1. The lowest BCUT2D eigenvalue weighted by molar-refractivity contribution is -0.190. The summed E-state index contributed by atoms with van der Waals surface area (Å²) in [6, 6.07) is 0. The third kappa shape index (κ3) is 3.61. The number of aliphatic hydroxyl groups is 2. The van der Waals surface area contributed by atoms with Crippen LogP contribution in [0, 0.1) is 51.2 Å². The van der Waals surface area contributed by atoms with Crippen molar-refractivity contribution >= 4 is 11.8 Å². The molecule has 0 radical (unpaired) electrons. The van der Waals surface area contributed by atoms with E-state index >= 15 is 0 Å². The lowest BCUT2D eigenvalue weighted by Crippen LogP contribution is -2.64. The fraction of sp³-hybridized carbons (Fsp3) is 0.806. The van der Waals surface area contributed by atoms with Gasteiger partial charge in [-0.1, -0.05) is 52.3 Å². The van der Waals surface area contributed by atoms with Crippen LogP contribution in [-0.4, -0.2) is 48.1 Å². The highest BCUT2D eigenvalue weighted by molar-refractivity contribution is 5.98. The molecule has 6 nitrogen and oxygen atoms in total. The van der Waals surface area contributed by atoms with E-state index in [2.05, 4.69) is 46.8 Å². The van der Waals surface area contributed by atoms with Crippen LogP contribution in [0.3, 0.4) is 0 Å². The van der Waals surface area contributed by atoms with E-state index in [1.807, 2.05) is 6.92 Å². The van der Waals surface area contributed by atoms with Crippen molar-refractivity contribution in [1.82, 2.24) is 0 Å². The molecule has 0 amide bonds. The highest BCUT2D eigenvalue weighted by atomic mass is 16.6. The van der Waals surface area contributed by atoms with E-state index in [9.17, 15) is 19.8 Å². The largest absolute Gasteiger partial charge is 0.469 e. The van der Waals surface area contributed by atoms with E-state index in [1.54, 1.807) is 0 Å². The molecular formula is C31H46O6. The molecule has 0 spiro atoms. The Kier molecular flexibility index (Phi) is 6.41. The fourth-order valence-corrected chi connectivity index (χ4v) is 10.1. The van der Waals surface area contributed by atoms with Crippen molar-refractivity contribution in [3.8, 4) is 0 Å². The number of ketones is 1. The predicted molar refractivity (Wildman–Crippen MR) is 140 cm³/mol. The van der Waals surface area contributed by atoms with E-state index in [4.69, 9.17) is 9.47 Å². The van der Waals surface area contributed by atoms with Crippen LogP contribution >= 0.6 is 0 Å². The lowest BCUT2D eigenvalue weighted by atomic mass is 9.39. The number of Topliss-reactive ketones (excluding diaryl/α,β-unsaturated/α-hetero) is 1. The average Bonchev–Trinajstić information content (AvgIpc) is 3.36. The average molecular weight is 515 g/mol. The molecule has 10 atom stereocenters. The van der Waals surface area contributed by atoms with Gasteiger partial charge in [0.15, 0.2) is 12.1 Å². The molecule has 1 aliphatic heterocycles. The summed E-state index contributed by atoms with van der Waals surface area (Å²) in [4.78, 5) is 25.9. The van der Waals surface area contributed by atoms with Crippen molar-refractivity contribution in [2.45, 2.75) is 92.5 Å². The van der Waals surface area contributed by atoms with E-state index in [-0.39, 0.29) is 41.7 Å². The molecule has 0 aromatic rings. The number of fused-ring (bicyclic) bond motifs is 5. The summed E-state index contributed by atoms with van der Waals surface area (Å²) < 4.78 is 11.0. The summed E-state index contributed by atoms with van der Waals surface area (Å²) >= 11 is 0. The number of ether oxygens (including phenoxy) is 2. The number of rotatable bonds is 3. The maximum absolute atomic E-state index is 13.1. The van der Waals surface area contributed by atoms with E-state index < -0.39 is 28.6 Å². The molecule has 2 N–H and O–H groups in total. The van der Waals surface area contributed by atoms with Gasteiger partial charge in [-0.05, 0) is 78.6 Å². The normalized spacial score (nSPS) is 49.5. The number of aliphatic hydroxyl groups excluding tert-OH is 2. The van der Waals surface area contributed by atoms with Crippen molar-refractivity contribution < 1.29 is 29.3 Å². The van der Waals surface area contributed by atoms with Crippen molar-refractivity contribution in [2.24, 2.45) is 51.2 Å². The first-order valence-electron chi connectivity index (χ1n) is 14.3. The van der Waals surface area contributed by atoms with Crippen molar-refractivity contribution in [3.63, 3.8) is 0 Å². The molecule has 6 heteroatoms. The molecule has 2 saturated carbocycles. The number of allylic oxidation sites excluding steroid dienone is 3. The molecular weight excluding hydrogens is 468 g/mol. The summed E-state index contributed by atoms with van der Waals surface area (Å²) in [5, 5.41) is 22.8. The zero-order chi connectivity index (χ0) is 27.1. The van der Waals surface area contributed by atoms with Crippen LogP contribution in [0.15, 0.2) is 23.3 Å². The second-order valence-electron chi connectivity index (χ2n) is 14.0. The Bertz CT molecular complexity index is 1040. The van der Waals surface area contributed by atoms with E-state index in [1.165, 1.54) is 12.7 Å². The Labute approximate surface area is 221 Å². The van der Waals surface area contributed by atoms with Gasteiger partial charge in [-0.15, -0.1) is 0 Å². The highest BCUT2D eigenvalue weighted by Gasteiger charge is 2.69. The van der Waals surface area contributed by atoms with Gasteiger partial charge in [-0.2, -0.15) is 0 Å². The van der Waals surface area contributed by atoms with E-state index in [0.717, 1.165) is 24.8 Å². The van der Waals surface area contributed by atoms with Crippen LogP contribution in [0.2, 0.25) is 0 Å². The molecule has 0 aromatic carbocycles. The predicted octanol–water partition coefficient (Wildman–Crippen LogP) is 4.83. The van der Waals surface area contributed by atoms with Crippen LogP contribution < -0.4 is 0 Å². The maximum Gasteiger partial charge on any atom is 0.314 e. The zero-order valence-corrected chi connectivity index (χ0v) is 23.7. The Balaban J connectivity index is 1.53. The summed E-state index contributed by atoms with van der Waals surface area (Å²) in [5.41, 5.74) is 0.382. The van der Waals surface area contributed by atoms with Gasteiger partial charge in [0.1, 0.15) is 0 Å². The third-order valence-electron chi connectivity index (χ3n) is 11.9. The second kappa shape index (κ2) is 8.76. The van der Waals surface area contributed by atoms with Gasteiger partial charge in [-0.3, -0.25) is 9.59 Å². The van der Waals surface area contributed by atoms with Gasteiger partial charge in [0, 0.05) is 18.3 Å². The number of esters is 1. The first-order valence-corrected chi connectivity index (χ1v) is 14.3. The SMILES string of the molecule is COC(=O)C1(C)COC(O)CC2(C)C1CC(O)C1(C)C3=CCC(C4C=C(C(C)C)C(=O)C4)C3(C)CCC21. The van der Waals surface area contributed by atoms with Crippen LogP contribution in [-0.2, 0) is 19.1 Å². The van der Waals surface area contributed by atoms with Crippen LogP contribution in [0.1, 0.15) is 80.1 Å². The van der Waals surface area contributed by atoms with Gasteiger partial charge >= 0.3 is 5.97 Å². The van der Waals surface area contributed by atoms with Crippen LogP contribution in [0.4, 0.5) is 0 Å². The number of carbonyl (C=O) groups is 2. The Hall–Kier alpha value is -1.50. The smallest absolute Gasteiger partial charge is 0.314 e. The minimum atomic E-state index is -0.957. The maximum atomic E-state index is 13.1. The summed E-state index contributed by atoms with van der Waals surface area (Å²) in [6.07, 6.45) is 7.33. The Morgan fingerprint density at radius 2 is 1.86 bits per heavy atom. The Morgan fingerprint density at radius 1 is 1.16 bits per heavy atom. The molecule has 10 unspecified atom stereocenters.